The van der Waals surface area contributed by atoms with Crippen LogP contribution in [-0.2, 0) is 0 Å². The highest BCUT2D eigenvalue weighted by atomic mass is 14.4. The van der Waals surface area contributed by atoms with Gasteiger partial charge in [0, 0.05) is 0 Å². The summed E-state index contributed by atoms with van der Waals surface area (Å²) in [7, 11) is 0. The molecule has 1 aliphatic carbocycles. The van der Waals surface area contributed by atoms with Crippen LogP contribution < -0.4 is 0 Å². The van der Waals surface area contributed by atoms with Gasteiger partial charge in [-0.2, -0.15) is 0 Å². The van der Waals surface area contributed by atoms with Gasteiger partial charge >= 0.3 is 0 Å². The van der Waals surface area contributed by atoms with Gasteiger partial charge in [-0.25, -0.2) is 0 Å². The van der Waals surface area contributed by atoms with Gasteiger partial charge in [0.15, 0.2) is 0 Å². The van der Waals surface area contributed by atoms with Crippen LogP contribution in [0.4, 0.5) is 0 Å². The Morgan fingerprint density at radius 1 is 1.27 bits per heavy atom. The lowest BCUT2D eigenvalue weighted by Gasteiger charge is -2.24. The Balaban J connectivity index is 2.31. The van der Waals surface area contributed by atoms with Gasteiger partial charge < -0.3 is 0 Å². The van der Waals surface area contributed by atoms with E-state index in [1.807, 2.05) is 0 Å². The molecule has 1 fully saturated rings. The molecule has 11 heavy (non-hydrogen) atoms. The maximum Gasteiger partial charge on any atom is -0.0380 e. The van der Waals surface area contributed by atoms with Crippen LogP contribution in [0.5, 0.6) is 0 Å². The van der Waals surface area contributed by atoms with E-state index in [-0.39, 0.29) is 0 Å². The lowest BCUT2D eigenvalue weighted by Crippen LogP contribution is -2.14. The minimum Gasteiger partial charge on any atom is -0.0651 e. The Hall–Kier alpha value is 0. The SMILES string of the molecule is CCC(CC(C)(C)C)C1CC1. The van der Waals surface area contributed by atoms with Crippen molar-refractivity contribution >= 4 is 0 Å². The monoisotopic (exact) mass is 154 g/mol. The smallest absolute Gasteiger partial charge is 0.0380 e. The topological polar surface area (TPSA) is 0 Å². The van der Waals surface area contributed by atoms with Gasteiger partial charge in [-0.1, -0.05) is 34.1 Å². The van der Waals surface area contributed by atoms with Crippen molar-refractivity contribution < 1.29 is 0 Å². The molecule has 0 aromatic heterocycles. The molecule has 1 rings (SSSR count). The molecule has 0 spiro atoms. The first kappa shape index (κ1) is 9.09. The molecule has 0 bridgehead atoms. The molecule has 0 N–H and O–H groups in total. The lowest BCUT2D eigenvalue weighted by molar-refractivity contribution is 0.265. The van der Waals surface area contributed by atoms with E-state index < -0.39 is 0 Å². The summed E-state index contributed by atoms with van der Waals surface area (Å²) >= 11 is 0. The maximum atomic E-state index is 2.36. The molecule has 1 aliphatic rings. The van der Waals surface area contributed by atoms with Crippen LogP contribution in [0.3, 0.4) is 0 Å². The Bertz CT molecular complexity index is 114. The minimum absolute atomic E-state index is 0.545. The van der Waals surface area contributed by atoms with E-state index in [1.54, 1.807) is 0 Å². The second kappa shape index (κ2) is 3.16. The standard InChI is InChI=1S/C11H22/c1-5-9(10-6-7-10)8-11(2,3)4/h9-10H,5-8H2,1-4H3. The van der Waals surface area contributed by atoms with Gasteiger partial charge in [0.05, 0.1) is 0 Å². The lowest BCUT2D eigenvalue weighted by atomic mass is 9.81. The fraction of sp³-hybridized carbons (Fsp3) is 1.00. The summed E-state index contributed by atoms with van der Waals surface area (Å²) in [6.45, 7) is 9.42. The van der Waals surface area contributed by atoms with Crippen molar-refractivity contribution in [2.24, 2.45) is 17.3 Å². The predicted octanol–water partition coefficient (Wildman–Crippen LogP) is 3.86. The average Bonchev–Trinajstić information content (AvgIpc) is 2.61. The normalized spacial score (nSPS) is 21.8. The first-order valence-corrected chi connectivity index (χ1v) is 5.03. The summed E-state index contributed by atoms with van der Waals surface area (Å²) in [5.74, 6) is 2.12. The maximum absolute atomic E-state index is 2.36. The molecule has 66 valence electrons. The molecule has 1 atom stereocenters. The van der Waals surface area contributed by atoms with Gasteiger partial charge in [0.25, 0.3) is 0 Å². The Labute approximate surface area is 71.4 Å². The van der Waals surface area contributed by atoms with E-state index in [2.05, 4.69) is 27.7 Å². The summed E-state index contributed by atoms with van der Waals surface area (Å²) in [6.07, 6.45) is 5.83. The van der Waals surface area contributed by atoms with E-state index in [0.29, 0.717) is 5.41 Å². The molecular weight excluding hydrogens is 132 g/mol. The summed E-state index contributed by atoms with van der Waals surface area (Å²) in [5.41, 5.74) is 0.545. The Morgan fingerprint density at radius 3 is 2.09 bits per heavy atom. The zero-order valence-corrected chi connectivity index (χ0v) is 8.48. The van der Waals surface area contributed by atoms with Crippen LogP contribution in [0.25, 0.3) is 0 Å². The number of rotatable bonds is 3. The van der Waals surface area contributed by atoms with E-state index in [4.69, 9.17) is 0 Å². The summed E-state index contributed by atoms with van der Waals surface area (Å²) in [5, 5.41) is 0. The highest BCUT2D eigenvalue weighted by Gasteiger charge is 2.32. The molecule has 0 nitrogen and oxygen atoms in total. The molecule has 0 aromatic carbocycles. The quantitative estimate of drug-likeness (QED) is 0.579. The second-order valence-electron chi connectivity index (χ2n) is 5.27. The molecular formula is C11H22. The Kier molecular flexibility index (Phi) is 2.61. The third-order valence-electron chi connectivity index (χ3n) is 2.69. The minimum atomic E-state index is 0.545. The predicted molar refractivity (Wildman–Crippen MR) is 50.6 cm³/mol. The average molecular weight is 154 g/mol. The number of hydrogen-bond acceptors (Lipinski definition) is 0. The van der Waals surface area contributed by atoms with Crippen molar-refractivity contribution in [2.45, 2.75) is 53.4 Å². The van der Waals surface area contributed by atoms with Gasteiger partial charge in [0.2, 0.25) is 0 Å². The fourth-order valence-corrected chi connectivity index (χ4v) is 2.00. The van der Waals surface area contributed by atoms with Crippen molar-refractivity contribution in [3.63, 3.8) is 0 Å². The molecule has 0 aliphatic heterocycles. The molecule has 1 unspecified atom stereocenters. The van der Waals surface area contributed by atoms with Gasteiger partial charge in [0.1, 0.15) is 0 Å². The molecule has 0 radical (unpaired) electrons. The second-order valence-corrected chi connectivity index (χ2v) is 5.27. The van der Waals surface area contributed by atoms with Crippen LogP contribution in [0.2, 0.25) is 0 Å². The van der Waals surface area contributed by atoms with Crippen molar-refractivity contribution in [2.75, 3.05) is 0 Å². The molecule has 0 heteroatoms. The van der Waals surface area contributed by atoms with Crippen LogP contribution in [0.15, 0.2) is 0 Å². The highest BCUT2D eigenvalue weighted by Crippen LogP contribution is 2.43. The van der Waals surface area contributed by atoms with Crippen LogP contribution in [0, 0.1) is 17.3 Å². The van der Waals surface area contributed by atoms with E-state index in [1.165, 1.54) is 25.7 Å². The van der Waals surface area contributed by atoms with Crippen molar-refractivity contribution in [3.05, 3.63) is 0 Å². The fourth-order valence-electron chi connectivity index (χ4n) is 2.00. The van der Waals surface area contributed by atoms with Crippen LogP contribution >= 0.6 is 0 Å². The van der Waals surface area contributed by atoms with Crippen LogP contribution in [0.1, 0.15) is 53.4 Å². The summed E-state index contributed by atoms with van der Waals surface area (Å²) in [6, 6.07) is 0. The van der Waals surface area contributed by atoms with E-state index in [9.17, 15) is 0 Å². The van der Waals surface area contributed by atoms with Crippen molar-refractivity contribution in [3.8, 4) is 0 Å². The summed E-state index contributed by atoms with van der Waals surface area (Å²) < 4.78 is 0. The van der Waals surface area contributed by atoms with E-state index in [0.717, 1.165) is 11.8 Å². The van der Waals surface area contributed by atoms with Gasteiger partial charge in [-0.15, -0.1) is 0 Å². The number of hydrogen-bond donors (Lipinski definition) is 0. The molecule has 0 amide bonds. The third kappa shape index (κ3) is 3.27. The first-order chi connectivity index (χ1) is 5.03. The largest absolute Gasteiger partial charge is 0.0651 e. The molecule has 0 aromatic rings. The van der Waals surface area contributed by atoms with E-state index >= 15 is 0 Å². The van der Waals surface area contributed by atoms with Gasteiger partial charge in [-0.05, 0) is 36.5 Å². The zero-order chi connectivity index (χ0) is 8.48. The van der Waals surface area contributed by atoms with Gasteiger partial charge in [-0.3, -0.25) is 0 Å². The van der Waals surface area contributed by atoms with Crippen LogP contribution in [-0.4, -0.2) is 0 Å². The molecule has 0 heterocycles. The highest BCUT2D eigenvalue weighted by molar-refractivity contribution is 4.83. The third-order valence-corrected chi connectivity index (χ3v) is 2.69. The van der Waals surface area contributed by atoms with Crippen molar-refractivity contribution in [1.82, 2.24) is 0 Å². The van der Waals surface area contributed by atoms with Crippen molar-refractivity contribution in [1.29, 1.82) is 0 Å². The Morgan fingerprint density at radius 2 is 1.82 bits per heavy atom. The molecule has 0 saturated heterocycles. The first-order valence-electron chi connectivity index (χ1n) is 5.03. The molecule has 1 saturated carbocycles. The summed E-state index contributed by atoms with van der Waals surface area (Å²) in [4.78, 5) is 0. The zero-order valence-electron chi connectivity index (χ0n) is 8.48.